The highest BCUT2D eigenvalue weighted by atomic mass is 31.2. The molecular formula is C28H55NP+. The molecule has 0 aliphatic carbocycles. The molecule has 0 radical (unpaired) electrons. The number of hydrogen-bond donors (Lipinski definition) is 0. The minimum Gasteiger partial charge on any atom is -0.233 e. The van der Waals surface area contributed by atoms with Crippen molar-refractivity contribution in [3.63, 3.8) is 0 Å². The van der Waals surface area contributed by atoms with E-state index in [-0.39, 0.29) is 0 Å². The van der Waals surface area contributed by atoms with Gasteiger partial charge < -0.3 is 0 Å². The lowest BCUT2D eigenvalue weighted by atomic mass is 10.1. The molecule has 0 aliphatic heterocycles. The van der Waals surface area contributed by atoms with Crippen LogP contribution >= 0.6 is 7.41 Å². The maximum Gasteiger partial charge on any atom is 0.110 e. The Balaban J connectivity index is 2.62. The summed E-state index contributed by atoms with van der Waals surface area (Å²) < 4.78 is 2.73. The molecule has 1 aromatic heterocycles. The van der Waals surface area contributed by atoms with Crippen LogP contribution in [0.25, 0.3) is 0 Å². The molecule has 0 unspecified atom stereocenters. The number of nitrogens with zero attached hydrogens (tertiary/aromatic N) is 1. The predicted octanol–water partition coefficient (Wildman–Crippen LogP) is 10.4. The van der Waals surface area contributed by atoms with Gasteiger partial charge in [0.05, 0.1) is 18.5 Å². The highest BCUT2D eigenvalue weighted by molar-refractivity contribution is 7.74. The van der Waals surface area contributed by atoms with Crippen LogP contribution in [-0.4, -0.2) is 22.8 Å². The molecule has 0 amide bonds. The average molecular weight is 437 g/mol. The fraction of sp³-hybridized carbons (Fsp3) is 0.857. The third-order valence-electron chi connectivity index (χ3n) is 6.86. The molecule has 1 aromatic rings. The molecule has 0 N–H and O–H groups in total. The monoisotopic (exact) mass is 436 g/mol. The third-order valence-corrected chi connectivity index (χ3v) is 11.6. The zero-order chi connectivity index (χ0) is 21.8. The predicted molar refractivity (Wildman–Crippen MR) is 141 cm³/mol. The highest BCUT2D eigenvalue weighted by Gasteiger charge is 2.37. The number of hydrogen-bond acceptors (Lipinski definition) is 0. The van der Waals surface area contributed by atoms with Crippen molar-refractivity contribution in [3.8, 4) is 0 Å². The summed E-state index contributed by atoms with van der Waals surface area (Å²) in [5.41, 5.74) is 0. The zero-order valence-electron chi connectivity index (χ0n) is 21.1. The summed E-state index contributed by atoms with van der Waals surface area (Å²) in [6.45, 7) is 6.97. The average Bonchev–Trinajstić information content (AvgIpc) is 3.30. The molecule has 1 rings (SSSR count). The van der Waals surface area contributed by atoms with Crippen LogP contribution in [0.4, 0.5) is 0 Å². The molecule has 0 fully saturated rings. The van der Waals surface area contributed by atoms with Crippen LogP contribution in [0.2, 0.25) is 0 Å². The van der Waals surface area contributed by atoms with Gasteiger partial charge in [-0.3, -0.25) is 0 Å². The van der Waals surface area contributed by atoms with Gasteiger partial charge >= 0.3 is 0 Å². The Bertz CT molecular complexity index is 412. The fourth-order valence-electron chi connectivity index (χ4n) is 4.85. The molecule has 0 bridgehead atoms. The van der Waals surface area contributed by atoms with Crippen molar-refractivity contribution >= 4 is 7.41 Å². The Morgan fingerprint density at radius 2 is 0.733 bits per heavy atom. The van der Waals surface area contributed by atoms with Crippen molar-refractivity contribution < 1.29 is 0 Å². The van der Waals surface area contributed by atoms with E-state index >= 15 is 0 Å². The Morgan fingerprint density at radius 3 is 1.07 bits per heavy atom. The quantitative estimate of drug-likeness (QED) is 0.126. The van der Waals surface area contributed by atoms with Gasteiger partial charge in [0, 0.05) is 12.4 Å². The lowest BCUT2D eigenvalue weighted by Gasteiger charge is -2.29. The minimum absolute atomic E-state index is 1.05. The molecular weight excluding hydrogens is 381 g/mol. The van der Waals surface area contributed by atoms with Crippen molar-refractivity contribution in [2.24, 2.45) is 0 Å². The van der Waals surface area contributed by atoms with E-state index in [9.17, 15) is 0 Å². The first-order valence-electron chi connectivity index (χ1n) is 13.8. The van der Waals surface area contributed by atoms with Crippen molar-refractivity contribution in [2.45, 2.75) is 136 Å². The van der Waals surface area contributed by atoms with E-state index in [4.69, 9.17) is 0 Å². The van der Waals surface area contributed by atoms with E-state index in [0.717, 1.165) is 0 Å². The largest absolute Gasteiger partial charge is 0.233 e. The van der Waals surface area contributed by atoms with Crippen LogP contribution in [0.15, 0.2) is 24.5 Å². The second-order valence-electron chi connectivity index (χ2n) is 9.63. The molecule has 0 atom stereocenters. The standard InChI is InChI=1S/C28H55NP/c1-4-7-10-13-16-21-26-30(29-24-19-20-25-29,27-22-17-14-11-8-5-2)28-23-18-15-12-9-6-3/h19-20,24-25H,4-18,21-23,26-28H2,1-3H3/q+1. The van der Waals surface area contributed by atoms with E-state index in [0.29, 0.717) is 0 Å². The summed E-state index contributed by atoms with van der Waals surface area (Å²) in [5, 5.41) is 0. The van der Waals surface area contributed by atoms with Gasteiger partial charge in [-0.2, -0.15) is 0 Å². The summed E-state index contributed by atoms with van der Waals surface area (Å²) in [6, 6.07) is 4.55. The first kappa shape index (κ1) is 27.7. The normalized spacial score (nSPS) is 12.0. The molecule has 0 saturated carbocycles. The fourth-order valence-corrected chi connectivity index (χ4v) is 9.37. The number of rotatable bonds is 22. The van der Waals surface area contributed by atoms with Crippen LogP contribution in [0.3, 0.4) is 0 Å². The van der Waals surface area contributed by atoms with Gasteiger partial charge in [0.1, 0.15) is 7.41 Å². The SMILES string of the molecule is CCCCCCCC[P+](CCCCCCCC)(CCCCCCCC)n1cccc1. The molecule has 0 spiro atoms. The Hall–Kier alpha value is -0.290. The maximum atomic E-state index is 2.73. The maximum absolute atomic E-state index is 2.73. The lowest BCUT2D eigenvalue weighted by Crippen LogP contribution is -2.16. The minimum atomic E-state index is -1.05. The highest BCUT2D eigenvalue weighted by Crippen LogP contribution is 2.61. The number of aromatic nitrogens is 1. The van der Waals surface area contributed by atoms with Gasteiger partial charge in [0.25, 0.3) is 0 Å². The van der Waals surface area contributed by atoms with Crippen molar-refractivity contribution in [1.29, 1.82) is 0 Å². The molecule has 2 heteroatoms. The zero-order valence-corrected chi connectivity index (χ0v) is 21.9. The summed E-state index contributed by atoms with van der Waals surface area (Å²) in [4.78, 5) is 0. The second kappa shape index (κ2) is 19.4. The van der Waals surface area contributed by atoms with Crippen LogP contribution in [0.1, 0.15) is 136 Å². The van der Waals surface area contributed by atoms with Gasteiger partial charge in [-0.05, 0) is 50.7 Å². The molecule has 0 aliphatic rings. The van der Waals surface area contributed by atoms with Crippen LogP contribution in [0.5, 0.6) is 0 Å². The van der Waals surface area contributed by atoms with Crippen LogP contribution in [0, 0.1) is 0 Å². The van der Waals surface area contributed by atoms with E-state index in [2.05, 4.69) is 49.6 Å². The van der Waals surface area contributed by atoms with E-state index in [1.165, 1.54) is 134 Å². The summed E-state index contributed by atoms with van der Waals surface area (Å²) >= 11 is 0. The van der Waals surface area contributed by atoms with Gasteiger partial charge in [-0.15, -0.1) is 0 Å². The third kappa shape index (κ3) is 12.5. The summed E-state index contributed by atoms with van der Waals surface area (Å²) in [7, 11) is -1.05. The van der Waals surface area contributed by atoms with Crippen molar-refractivity contribution in [2.75, 3.05) is 18.5 Å². The van der Waals surface area contributed by atoms with Gasteiger partial charge in [0.15, 0.2) is 0 Å². The molecule has 1 heterocycles. The van der Waals surface area contributed by atoms with E-state index in [1.54, 1.807) is 0 Å². The molecule has 176 valence electrons. The topological polar surface area (TPSA) is 4.93 Å². The van der Waals surface area contributed by atoms with Crippen molar-refractivity contribution in [3.05, 3.63) is 24.5 Å². The Kier molecular flexibility index (Phi) is 17.9. The molecule has 1 nitrogen and oxygen atoms in total. The smallest absolute Gasteiger partial charge is 0.110 e. The molecule has 30 heavy (non-hydrogen) atoms. The first-order chi connectivity index (χ1) is 14.8. The van der Waals surface area contributed by atoms with Gasteiger partial charge in [-0.25, -0.2) is 4.34 Å². The van der Waals surface area contributed by atoms with E-state index < -0.39 is 7.41 Å². The summed E-state index contributed by atoms with van der Waals surface area (Å²) in [6.07, 6.45) is 35.1. The number of unbranched alkanes of at least 4 members (excludes halogenated alkanes) is 15. The first-order valence-corrected chi connectivity index (χ1v) is 16.1. The Labute approximate surface area is 191 Å². The Morgan fingerprint density at radius 1 is 0.433 bits per heavy atom. The second-order valence-corrected chi connectivity index (χ2v) is 13.6. The molecule has 0 aromatic carbocycles. The molecule has 0 saturated heterocycles. The van der Waals surface area contributed by atoms with Crippen LogP contribution in [-0.2, 0) is 0 Å². The van der Waals surface area contributed by atoms with Gasteiger partial charge in [0.2, 0.25) is 0 Å². The lowest BCUT2D eigenvalue weighted by molar-refractivity contribution is 0.614. The summed E-state index contributed by atoms with van der Waals surface area (Å²) in [5.74, 6) is 0. The van der Waals surface area contributed by atoms with Crippen molar-refractivity contribution in [1.82, 2.24) is 4.34 Å². The van der Waals surface area contributed by atoms with Gasteiger partial charge in [-0.1, -0.05) is 97.8 Å². The van der Waals surface area contributed by atoms with Crippen LogP contribution < -0.4 is 0 Å². The van der Waals surface area contributed by atoms with E-state index in [1.807, 2.05) is 0 Å².